The first-order valence-corrected chi connectivity index (χ1v) is 9.32. The molecule has 0 saturated carbocycles. The van der Waals surface area contributed by atoms with Gasteiger partial charge in [0.25, 0.3) is 0 Å². The van der Waals surface area contributed by atoms with Crippen molar-refractivity contribution in [2.75, 3.05) is 11.1 Å². The van der Waals surface area contributed by atoms with Crippen LogP contribution < -0.4 is 5.32 Å². The fourth-order valence-corrected chi connectivity index (χ4v) is 3.53. The summed E-state index contributed by atoms with van der Waals surface area (Å²) in [6.45, 7) is 1.43. The predicted molar refractivity (Wildman–Crippen MR) is 92.8 cm³/mol. The molecule has 0 fully saturated rings. The van der Waals surface area contributed by atoms with E-state index >= 15 is 0 Å². The molecule has 0 aliphatic heterocycles. The molecule has 2 rings (SSSR count). The number of nitrogens with one attached hydrogen (secondary N) is 1. The highest BCUT2D eigenvalue weighted by Crippen LogP contribution is 2.15. The van der Waals surface area contributed by atoms with Crippen LogP contribution in [0.1, 0.15) is 30.1 Å². The third-order valence-corrected chi connectivity index (χ3v) is 5.36. The maximum absolute atomic E-state index is 12.8. The van der Waals surface area contributed by atoms with Gasteiger partial charge in [-0.1, -0.05) is 12.1 Å². The molecular weight excluding hydrogens is 345 g/mol. The molecule has 0 heterocycles. The number of sulfone groups is 1. The molecule has 0 bridgehead atoms. The predicted octanol–water partition coefficient (Wildman–Crippen LogP) is 3.22. The highest BCUT2D eigenvalue weighted by atomic mass is 32.2. The van der Waals surface area contributed by atoms with Gasteiger partial charge < -0.3 is 5.32 Å². The number of carbonyl (C=O) groups excluding carboxylic acids is 2. The zero-order chi connectivity index (χ0) is 18.4. The van der Waals surface area contributed by atoms with Crippen LogP contribution in [-0.2, 0) is 14.6 Å². The van der Waals surface area contributed by atoms with Crippen molar-refractivity contribution in [3.8, 4) is 0 Å². The second-order valence-corrected chi connectivity index (χ2v) is 7.67. The molecule has 1 amide bonds. The van der Waals surface area contributed by atoms with Crippen molar-refractivity contribution >= 4 is 27.2 Å². The van der Waals surface area contributed by atoms with E-state index in [0.29, 0.717) is 11.3 Å². The van der Waals surface area contributed by atoms with Crippen molar-refractivity contribution in [3.05, 3.63) is 59.9 Å². The number of ketones is 1. The minimum Gasteiger partial charge on any atom is -0.326 e. The molecule has 1 N–H and O–H groups in total. The number of carbonyl (C=O) groups is 2. The molecule has 0 aliphatic carbocycles. The van der Waals surface area contributed by atoms with Crippen LogP contribution in [0, 0.1) is 5.82 Å². The van der Waals surface area contributed by atoms with E-state index < -0.39 is 15.7 Å². The Labute approximate surface area is 145 Å². The minimum atomic E-state index is -3.55. The summed E-state index contributed by atoms with van der Waals surface area (Å²) in [4.78, 5) is 23.3. The summed E-state index contributed by atoms with van der Waals surface area (Å²) in [5.41, 5.74) is 0.968. The monoisotopic (exact) mass is 363 g/mol. The van der Waals surface area contributed by atoms with E-state index in [4.69, 9.17) is 0 Å². The van der Waals surface area contributed by atoms with Gasteiger partial charge in [0.05, 0.1) is 10.6 Å². The molecule has 0 aromatic heterocycles. The Bertz CT molecular complexity index is 876. The first kappa shape index (κ1) is 18.8. The molecule has 25 heavy (non-hydrogen) atoms. The fraction of sp³-hybridized carbons (Fsp3) is 0.222. The van der Waals surface area contributed by atoms with Gasteiger partial charge in [-0.15, -0.1) is 0 Å². The summed E-state index contributed by atoms with van der Waals surface area (Å²) in [7, 11) is -3.55. The molecule has 132 valence electrons. The van der Waals surface area contributed by atoms with Crippen molar-refractivity contribution in [1.29, 1.82) is 0 Å². The summed E-state index contributed by atoms with van der Waals surface area (Å²) < 4.78 is 37.1. The molecular formula is C18H18FNO4S. The van der Waals surface area contributed by atoms with E-state index in [-0.39, 0.29) is 35.2 Å². The van der Waals surface area contributed by atoms with Crippen LogP contribution in [0.25, 0.3) is 0 Å². The van der Waals surface area contributed by atoms with Crippen LogP contribution in [0.15, 0.2) is 53.4 Å². The maximum atomic E-state index is 12.8. The zero-order valence-electron chi connectivity index (χ0n) is 13.7. The first-order valence-electron chi connectivity index (χ1n) is 7.67. The third kappa shape index (κ3) is 5.49. The second kappa shape index (κ2) is 8.02. The van der Waals surface area contributed by atoms with E-state index in [1.54, 1.807) is 24.3 Å². The number of amides is 1. The van der Waals surface area contributed by atoms with Gasteiger partial charge in [-0.2, -0.15) is 0 Å². The number of anilines is 1. The average Bonchev–Trinajstić information content (AvgIpc) is 2.55. The number of Topliss-reactive ketones (excluding diaryl/α,β-unsaturated/α-hetero) is 1. The number of hydrogen-bond acceptors (Lipinski definition) is 4. The SMILES string of the molecule is CC(=O)c1cccc(NC(=O)CCCS(=O)(=O)c2ccc(F)cc2)c1. The Hall–Kier alpha value is -2.54. The summed E-state index contributed by atoms with van der Waals surface area (Å²) in [5, 5.41) is 2.64. The van der Waals surface area contributed by atoms with Crippen molar-refractivity contribution in [2.45, 2.75) is 24.7 Å². The first-order chi connectivity index (χ1) is 11.8. The van der Waals surface area contributed by atoms with Gasteiger partial charge in [0.1, 0.15) is 5.82 Å². The van der Waals surface area contributed by atoms with Crippen molar-refractivity contribution < 1.29 is 22.4 Å². The van der Waals surface area contributed by atoms with Crippen LogP contribution in [0.2, 0.25) is 0 Å². The fourth-order valence-electron chi connectivity index (χ4n) is 2.22. The molecule has 0 radical (unpaired) electrons. The van der Waals surface area contributed by atoms with E-state index in [1.165, 1.54) is 19.1 Å². The van der Waals surface area contributed by atoms with Gasteiger partial charge in [-0.25, -0.2) is 12.8 Å². The largest absolute Gasteiger partial charge is 0.326 e. The molecule has 0 unspecified atom stereocenters. The summed E-state index contributed by atoms with van der Waals surface area (Å²) in [6, 6.07) is 11.1. The molecule has 5 nitrogen and oxygen atoms in total. The Morgan fingerprint density at radius 1 is 1.08 bits per heavy atom. The van der Waals surface area contributed by atoms with Gasteiger partial charge >= 0.3 is 0 Å². The van der Waals surface area contributed by atoms with E-state index in [9.17, 15) is 22.4 Å². The third-order valence-electron chi connectivity index (χ3n) is 3.54. The van der Waals surface area contributed by atoms with Crippen molar-refractivity contribution in [3.63, 3.8) is 0 Å². The van der Waals surface area contributed by atoms with Gasteiger partial charge in [-0.3, -0.25) is 9.59 Å². The normalized spacial score (nSPS) is 11.1. The van der Waals surface area contributed by atoms with Crippen LogP contribution in [0.4, 0.5) is 10.1 Å². The minimum absolute atomic E-state index is 0.0186. The number of hydrogen-bond donors (Lipinski definition) is 1. The van der Waals surface area contributed by atoms with Crippen molar-refractivity contribution in [2.24, 2.45) is 0 Å². The van der Waals surface area contributed by atoms with E-state index in [2.05, 4.69) is 5.32 Å². The van der Waals surface area contributed by atoms with Gasteiger partial charge in [0, 0.05) is 17.7 Å². The van der Waals surface area contributed by atoms with Crippen molar-refractivity contribution in [1.82, 2.24) is 0 Å². The molecule has 7 heteroatoms. The smallest absolute Gasteiger partial charge is 0.224 e. The van der Waals surface area contributed by atoms with E-state index in [1.807, 2.05) is 0 Å². The van der Waals surface area contributed by atoms with Crippen LogP contribution >= 0.6 is 0 Å². The van der Waals surface area contributed by atoms with Crippen LogP contribution in [0.5, 0.6) is 0 Å². The van der Waals surface area contributed by atoms with Gasteiger partial charge in [0.15, 0.2) is 15.6 Å². The lowest BCUT2D eigenvalue weighted by atomic mass is 10.1. The van der Waals surface area contributed by atoms with Gasteiger partial charge in [0.2, 0.25) is 5.91 Å². The Kier molecular flexibility index (Phi) is 6.03. The topological polar surface area (TPSA) is 80.3 Å². The summed E-state index contributed by atoms with van der Waals surface area (Å²) in [6.07, 6.45) is 0.155. The molecule has 0 atom stereocenters. The summed E-state index contributed by atoms with van der Waals surface area (Å²) >= 11 is 0. The van der Waals surface area contributed by atoms with E-state index in [0.717, 1.165) is 12.1 Å². The standard InChI is InChI=1S/C18H18FNO4S/c1-13(21)14-4-2-5-16(12-14)20-18(22)6-3-11-25(23,24)17-9-7-15(19)8-10-17/h2,4-5,7-10,12H,3,6,11H2,1H3,(H,20,22). The Morgan fingerprint density at radius 3 is 2.40 bits per heavy atom. The number of benzene rings is 2. The molecule has 0 spiro atoms. The van der Waals surface area contributed by atoms with Crippen LogP contribution in [-0.4, -0.2) is 25.9 Å². The van der Waals surface area contributed by atoms with Crippen LogP contribution in [0.3, 0.4) is 0 Å². The molecule has 0 saturated heterocycles. The lowest BCUT2D eigenvalue weighted by Crippen LogP contribution is -2.14. The zero-order valence-corrected chi connectivity index (χ0v) is 14.5. The highest BCUT2D eigenvalue weighted by Gasteiger charge is 2.15. The Balaban J connectivity index is 1.89. The molecule has 0 aliphatic rings. The maximum Gasteiger partial charge on any atom is 0.224 e. The van der Waals surface area contributed by atoms with Gasteiger partial charge in [-0.05, 0) is 49.7 Å². The Morgan fingerprint density at radius 2 is 1.76 bits per heavy atom. The lowest BCUT2D eigenvalue weighted by molar-refractivity contribution is -0.116. The molecule has 2 aromatic rings. The quantitative estimate of drug-likeness (QED) is 0.605. The molecule has 2 aromatic carbocycles. The second-order valence-electron chi connectivity index (χ2n) is 5.56. The lowest BCUT2D eigenvalue weighted by Gasteiger charge is -2.07. The number of rotatable bonds is 7. The number of halogens is 1. The average molecular weight is 363 g/mol. The highest BCUT2D eigenvalue weighted by molar-refractivity contribution is 7.91. The summed E-state index contributed by atoms with van der Waals surface area (Å²) in [5.74, 6) is -1.16.